The number of aromatic nitrogens is 1. The molecule has 2 aromatic rings. The number of rotatable bonds is 5. The van der Waals surface area contributed by atoms with Crippen molar-refractivity contribution in [1.82, 2.24) is 15.2 Å². The molecular weight excluding hydrogens is 383 g/mol. The van der Waals surface area contributed by atoms with E-state index >= 15 is 0 Å². The number of carbonyl (C=O) groups is 1. The van der Waals surface area contributed by atoms with Gasteiger partial charge in [0.05, 0.1) is 29.0 Å². The monoisotopic (exact) mass is 400 g/mol. The molecule has 2 amide bonds. The topological polar surface area (TPSA) is 66.5 Å². The van der Waals surface area contributed by atoms with E-state index in [0.29, 0.717) is 21.7 Å². The molecule has 0 spiro atoms. The predicted octanol–water partition coefficient (Wildman–Crippen LogP) is 3.60. The van der Waals surface area contributed by atoms with Crippen molar-refractivity contribution in [1.29, 1.82) is 0 Å². The highest BCUT2D eigenvalue weighted by atomic mass is 35.5. The zero-order valence-corrected chi connectivity index (χ0v) is 15.8. The maximum absolute atomic E-state index is 12.0. The summed E-state index contributed by atoms with van der Waals surface area (Å²) in [4.78, 5) is 18.7. The van der Waals surface area contributed by atoms with Crippen molar-refractivity contribution in [3.63, 3.8) is 0 Å². The van der Waals surface area contributed by atoms with Gasteiger partial charge < -0.3 is 10.1 Å². The van der Waals surface area contributed by atoms with Crippen molar-refractivity contribution in [3.8, 4) is 0 Å². The molecule has 1 aliphatic rings. The number of nitrogens with zero attached hydrogens (tertiary/aromatic N) is 2. The van der Waals surface area contributed by atoms with Gasteiger partial charge in [0.25, 0.3) is 0 Å². The number of hydrogen-bond acceptors (Lipinski definition) is 5. The van der Waals surface area contributed by atoms with Gasteiger partial charge in [0.1, 0.15) is 0 Å². The van der Waals surface area contributed by atoms with Crippen LogP contribution in [-0.4, -0.2) is 42.2 Å². The Labute approximate surface area is 160 Å². The van der Waals surface area contributed by atoms with Gasteiger partial charge >= 0.3 is 6.03 Å². The Kier molecular flexibility index (Phi) is 6.50. The third-order valence-electron chi connectivity index (χ3n) is 3.70. The minimum absolute atomic E-state index is 0.307. The van der Waals surface area contributed by atoms with Gasteiger partial charge in [-0.1, -0.05) is 29.3 Å². The van der Waals surface area contributed by atoms with E-state index in [1.165, 1.54) is 11.3 Å². The first kappa shape index (κ1) is 18.4. The number of nitrogens with one attached hydrogen (secondary N) is 2. The van der Waals surface area contributed by atoms with Gasteiger partial charge in [-0.3, -0.25) is 10.2 Å². The van der Waals surface area contributed by atoms with Crippen molar-refractivity contribution in [3.05, 3.63) is 44.9 Å². The lowest BCUT2D eigenvalue weighted by Crippen LogP contribution is -2.35. The molecule has 1 aromatic heterocycles. The molecule has 2 N–H and O–H groups in total. The van der Waals surface area contributed by atoms with Crippen LogP contribution in [0, 0.1) is 0 Å². The smallest absolute Gasteiger partial charge is 0.321 e. The van der Waals surface area contributed by atoms with Gasteiger partial charge in [0, 0.05) is 31.6 Å². The van der Waals surface area contributed by atoms with Crippen molar-refractivity contribution < 1.29 is 9.53 Å². The number of urea groups is 1. The SMILES string of the molecule is O=C(NCc1ccc(Cl)c(Cl)c1)Nc1nc(CN2CCOCC2)cs1. The molecule has 1 saturated heterocycles. The molecule has 6 nitrogen and oxygen atoms in total. The highest BCUT2D eigenvalue weighted by Crippen LogP contribution is 2.22. The number of amides is 2. The number of ether oxygens (including phenoxy) is 1. The van der Waals surface area contributed by atoms with E-state index in [2.05, 4.69) is 20.5 Å². The average Bonchev–Trinajstić information content (AvgIpc) is 3.03. The van der Waals surface area contributed by atoms with Gasteiger partial charge in [-0.2, -0.15) is 0 Å². The maximum Gasteiger partial charge on any atom is 0.321 e. The number of hydrogen-bond donors (Lipinski definition) is 2. The molecule has 0 unspecified atom stereocenters. The predicted molar refractivity (Wildman–Crippen MR) is 101 cm³/mol. The zero-order chi connectivity index (χ0) is 17.6. The first-order chi connectivity index (χ1) is 12.1. The summed E-state index contributed by atoms with van der Waals surface area (Å²) in [5.41, 5.74) is 1.82. The summed E-state index contributed by atoms with van der Waals surface area (Å²) in [5, 5.41) is 9.02. The molecule has 0 atom stereocenters. The summed E-state index contributed by atoms with van der Waals surface area (Å²) in [5.74, 6) is 0. The number of anilines is 1. The molecule has 1 aliphatic heterocycles. The molecule has 1 fully saturated rings. The van der Waals surface area contributed by atoms with E-state index in [1.807, 2.05) is 11.4 Å². The summed E-state index contributed by atoms with van der Waals surface area (Å²) in [6, 6.07) is 4.95. The first-order valence-electron chi connectivity index (χ1n) is 7.83. The van der Waals surface area contributed by atoms with Gasteiger partial charge in [-0.15, -0.1) is 11.3 Å². The minimum atomic E-state index is -0.307. The van der Waals surface area contributed by atoms with Crippen LogP contribution in [0.25, 0.3) is 0 Å². The number of morpholine rings is 1. The molecule has 134 valence electrons. The fourth-order valence-electron chi connectivity index (χ4n) is 2.40. The van der Waals surface area contributed by atoms with Crippen molar-refractivity contribution >= 4 is 45.7 Å². The highest BCUT2D eigenvalue weighted by molar-refractivity contribution is 7.13. The molecule has 0 bridgehead atoms. The van der Waals surface area contributed by atoms with Crippen LogP contribution in [0.3, 0.4) is 0 Å². The van der Waals surface area contributed by atoms with E-state index < -0.39 is 0 Å². The van der Waals surface area contributed by atoms with E-state index in [1.54, 1.807) is 12.1 Å². The highest BCUT2D eigenvalue weighted by Gasteiger charge is 2.13. The van der Waals surface area contributed by atoms with Crippen molar-refractivity contribution in [2.24, 2.45) is 0 Å². The molecule has 1 aromatic carbocycles. The molecule has 9 heteroatoms. The molecular formula is C16H18Cl2N4O2S. The lowest BCUT2D eigenvalue weighted by molar-refractivity contribution is 0.0337. The largest absolute Gasteiger partial charge is 0.379 e. The second-order valence-corrected chi connectivity index (χ2v) is 7.26. The fraction of sp³-hybridized carbons (Fsp3) is 0.375. The summed E-state index contributed by atoms with van der Waals surface area (Å²) < 4.78 is 5.33. The summed E-state index contributed by atoms with van der Waals surface area (Å²) >= 11 is 13.2. The van der Waals surface area contributed by atoms with Crippen LogP contribution in [-0.2, 0) is 17.8 Å². The lowest BCUT2D eigenvalue weighted by atomic mass is 10.2. The van der Waals surface area contributed by atoms with Crippen LogP contribution in [0.15, 0.2) is 23.6 Å². The Hall–Kier alpha value is -1.38. The van der Waals surface area contributed by atoms with E-state index in [0.717, 1.165) is 44.1 Å². The summed E-state index contributed by atoms with van der Waals surface area (Å²) in [6.07, 6.45) is 0. The Morgan fingerprint density at radius 2 is 2.08 bits per heavy atom. The van der Waals surface area contributed by atoms with Crippen LogP contribution >= 0.6 is 34.5 Å². The fourth-order valence-corrected chi connectivity index (χ4v) is 3.42. The first-order valence-corrected chi connectivity index (χ1v) is 9.47. The average molecular weight is 401 g/mol. The van der Waals surface area contributed by atoms with E-state index in [4.69, 9.17) is 27.9 Å². The van der Waals surface area contributed by atoms with Gasteiger partial charge in [0.15, 0.2) is 5.13 Å². The number of benzene rings is 1. The van der Waals surface area contributed by atoms with Crippen LogP contribution in [0.5, 0.6) is 0 Å². The van der Waals surface area contributed by atoms with Crippen LogP contribution in [0.2, 0.25) is 10.0 Å². The quantitative estimate of drug-likeness (QED) is 0.804. The molecule has 0 radical (unpaired) electrons. The molecule has 0 saturated carbocycles. The van der Waals surface area contributed by atoms with Crippen LogP contribution < -0.4 is 10.6 Å². The molecule has 3 rings (SSSR count). The van der Waals surface area contributed by atoms with Gasteiger partial charge in [0.2, 0.25) is 0 Å². The zero-order valence-electron chi connectivity index (χ0n) is 13.4. The Bertz CT molecular complexity index is 735. The van der Waals surface area contributed by atoms with Gasteiger partial charge in [-0.25, -0.2) is 9.78 Å². The second kappa shape index (κ2) is 8.82. The van der Waals surface area contributed by atoms with Crippen LogP contribution in [0.1, 0.15) is 11.3 Å². The van der Waals surface area contributed by atoms with E-state index in [9.17, 15) is 4.79 Å². The Morgan fingerprint density at radius 1 is 1.28 bits per heavy atom. The van der Waals surface area contributed by atoms with Crippen molar-refractivity contribution in [2.75, 3.05) is 31.6 Å². The summed E-state index contributed by atoms with van der Waals surface area (Å²) in [7, 11) is 0. The number of halogens is 2. The summed E-state index contributed by atoms with van der Waals surface area (Å²) in [6.45, 7) is 4.45. The third-order valence-corrected chi connectivity index (χ3v) is 5.24. The van der Waals surface area contributed by atoms with Gasteiger partial charge in [-0.05, 0) is 17.7 Å². The number of thiazole rings is 1. The Morgan fingerprint density at radius 3 is 2.84 bits per heavy atom. The molecule has 2 heterocycles. The third kappa shape index (κ3) is 5.55. The number of carbonyl (C=O) groups excluding carboxylic acids is 1. The minimum Gasteiger partial charge on any atom is -0.379 e. The normalized spacial score (nSPS) is 15.1. The maximum atomic E-state index is 12.0. The van der Waals surface area contributed by atoms with Crippen LogP contribution in [0.4, 0.5) is 9.93 Å². The second-order valence-electron chi connectivity index (χ2n) is 5.59. The van der Waals surface area contributed by atoms with E-state index in [-0.39, 0.29) is 6.03 Å². The Balaban J connectivity index is 1.46. The standard InChI is InChI=1S/C16H18Cl2N4O2S/c17-13-2-1-11(7-14(13)18)8-19-15(23)21-16-20-12(10-25-16)9-22-3-5-24-6-4-22/h1-2,7,10H,3-6,8-9H2,(H2,19,20,21,23). The molecule has 0 aliphatic carbocycles. The van der Waals surface area contributed by atoms with Crippen molar-refractivity contribution in [2.45, 2.75) is 13.1 Å². The lowest BCUT2D eigenvalue weighted by Gasteiger charge is -2.25. The molecule has 25 heavy (non-hydrogen) atoms.